The largest absolute Gasteiger partial charge is 0.298 e. The van der Waals surface area contributed by atoms with Gasteiger partial charge in [-0.05, 0) is 12.8 Å². The Hall–Kier alpha value is -1.12. The molecule has 0 amide bonds. The van der Waals surface area contributed by atoms with Crippen molar-refractivity contribution >= 4 is 6.29 Å². The Bertz CT molecular complexity index is 289. The molecule has 0 bridgehead atoms. The summed E-state index contributed by atoms with van der Waals surface area (Å²) in [5.41, 5.74) is 2.72. The molecule has 1 rings (SSSR count). The van der Waals surface area contributed by atoms with Crippen LogP contribution in [0.15, 0.2) is 0 Å². The maximum Gasteiger partial charge on any atom is 0.153 e. The monoisotopic (exact) mass is 166 g/mol. The molecule has 0 aliphatic carbocycles. The predicted molar refractivity (Wildman–Crippen MR) is 47.4 cm³/mol. The van der Waals surface area contributed by atoms with Crippen LogP contribution in [0, 0.1) is 0 Å². The first-order valence-corrected chi connectivity index (χ1v) is 4.24. The molecule has 0 aromatic carbocycles. The van der Waals surface area contributed by atoms with E-state index in [1.165, 1.54) is 0 Å². The van der Waals surface area contributed by atoms with Crippen molar-refractivity contribution in [2.75, 3.05) is 0 Å². The fourth-order valence-electron chi connectivity index (χ4n) is 1.45. The second-order valence-corrected chi connectivity index (χ2v) is 2.76. The molecule has 0 atom stereocenters. The fourth-order valence-corrected chi connectivity index (χ4v) is 1.45. The van der Waals surface area contributed by atoms with Gasteiger partial charge in [0, 0.05) is 12.7 Å². The van der Waals surface area contributed by atoms with Gasteiger partial charge in [-0.25, -0.2) is 0 Å². The van der Waals surface area contributed by atoms with Crippen molar-refractivity contribution < 1.29 is 4.79 Å². The van der Waals surface area contributed by atoms with Gasteiger partial charge in [-0.1, -0.05) is 13.8 Å². The lowest BCUT2D eigenvalue weighted by Gasteiger charge is -1.96. The molecule has 0 unspecified atom stereocenters. The fraction of sp³-hybridized carbons (Fsp3) is 0.556. The molecular formula is C9H14N2O. The van der Waals surface area contributed by atoms with Crippen molar-refractivity contribution in [3.05, 3.63) is 17.0 Å². The minimum absolute atomic E-state index is 0.780. The third-order valence-electron chi connectivity index (χ3n) is 2.07. The zero-order valence-corrected chi connectivity index (χ0v) is 7.79. The van der Waals surface area contributed by atoms with Crippen LogP contribution in [-0.4, -0.2) is 16.1 Å². The highest BCUT2D eigenvalue weighted by molar-refractivity contribution is 5.78. The van der Waals surface area contributed by atoms with E-state index in [2.05, 4.69) is 5.10 Å². The van der Waals surface area contributed by atoms with Crippen LogP contribution in [0.4, 0.5) is 0 Å². The SMILES string of the molecule is CCc1nn(C)c(CC)c1C=O. The van der Waals surface area contributed by atoms with Crippen LogP contribution in [0.1, 0.15) is 35.6 Å². The standard InChI is InChI=1S/C9H14N2O/c1-4-8-7(6-12)9(5-2)11(3)10-8/h6H,4-5H2,1-3H3. The molecule has 0 aliphatic rings. The molecule has 3 nitrogen and oxygen atoms in total. The molecule has 0 N–H and O–H groups in total. The average molecular weight is 166 g/mol. The molecule has 1 heterocycles. The number of aldehydes is 1. The van der Waals surface area contributed by atoms with Crippen molar-refractivity contribution in [3.8, 4) is 0 Å². The summed E-state index contributed by atoms with van der Waals surface area (Å²) in [7, 11) is 1.88. The van der Waals surface area contributed by atoms with E-state index in [0.717, 1.165) is 36.1 Å². The Labute approximate surface area is 72.4 Å². The maximum absolute atomic E-state index is 10.7. The molecular weight excluding hydrogens is 152 g/mol. The van der Waals surface area contributed by atoms with Gasteiger partial charge in [0.25, 0.3) is 0 Å². The highest BCUT2D eigenvalue weighted by atomic mass is 16.1. The number of hydrogen-bond acceptors (Lipinski definition) is 2. The Morgan fingerprint density at radius 1 is 1.42 bits per heavy atom. The molecule has 1 aromatic heterocycles. The van der Waals surface area contributed by atoms with Gasteiger partial charge < -0.3 is 0 Å². The van der Waals surface area contributed by atoms with Gasteiger partial charge in [-0.3, -0.25) is 9.48 Å². The van der Waals surface area contributed by atoms with Crippen LogP contribution in [-0.2, 0) is 19.9 Å². The Balaban J connectivity index is 3.25. The highest BCUT2D eigenvalue weighted by Gasteiger charge is 2.11. The average Bonchev–Trinajstić information content (AvgIpc) is 2.40. The van der Waals surface area contributed by atoms with Crippen LogP contribution in [0.25, 0.3) is 0 Å². The quantitative estimate of drug-likeness (QED) is 0.635. The minimum Gasteiger partial charge on any atom is -0.298 e. The zero-order chi connectivity index (χ0) is 9.14. The van der Waals surface area contributed by atoms with Crippen molar-refractivity contribution in [2.45, 2.75) is 26.7 Å². The van der Waals surface area contributed by atoms with Gasteiger partial charge >= 0.3 is 0 Å². The number of aromatic nitrogens is 2. The molecule has 1 aromatic rings. The van der Waals surface area contributed by atoms with Crippen molar-refractivity contribution in [1.29, 1.82) is 0 Å². The lowest BCUT2D eigenvalue weighted by molar-refractivity contribution is 0.112. The number of aryl methyl sites for hydroxylation is 2. The number of hydrogen-bond donors (Lipinski definition) is 0. The molecule has 0 radical (unpaired) electrons. The number of rotatable bonds is 3. The number of nitrogens with zero attached hydrogens (tertiary/aromatic N) is 2. The van der Waals surface area contributed by atoms with Crippen LogP contribution < -0.4 is 0 Å². The van der Waals surface area contributed by atoms with Gasteiger partial charge in [0.05, 0.1) is 11.3 Å². The van der Waals surface area contributed by atoms with Gasteiger partial charge in [-0.2, -0.15) is 5.10 Å². The first-order chi connectivity index (χ1) is 5.74. The van der Waals surface area contributed by atoms with Crippen molar-refractivity contribution in [1.82, 2.24) is 9.78 Å². The summed E-state index contributed by atoms with van der Waals surface area (Å²) in [6.45, 7) is 4.04. The van der Waals surface area contributed by atoms with Crippen molar-refractivity contribution in [2.24, 2.45) is 7.05 Å². The first kappa shape index (κ1) is 8.97. The predicted octanol–water partition coefficient (Wildman–Crippen LogP) is 1.36. The van der Waals surface area contributed by atoms with E-state index < -0.39 is 0 Å². The maximum atomic E-state index is 10.7. The Morgan fingerprint density at radius 2 is 2.08 bits per heavy atom. The number of carbonyl (C=O) groups is 1. The van der Waals surface area contributed by atoms with Crippen LogP contribution in [0.3, 0.4) is 0 Å². The normalized spacial score (nSPS) is 10.2. The van der Waals surface area contributed by atoms with E-state index in [1.807, 2.05) is 20.9 Å². The van der Waals surface area contributed by atoms with Crippen LogP contribution in [0.2, 0.25) is 0 Å². The van der Waals surface area contributed by atoms with Gasteiger partial charge in [0.15, 0.2) is 6.29 Å². The third kappa shape index (κ3) is 1.26. The summed E-state index contributed by atoms with van der Waals surface area (Å²) in [6, 6.07) is 0. The Kier molecular flexibility index (Phi) is 2.63. The summed E-state index contributed by atoms with van der Waals surface area (Å²) in [4.78, 5) is 10.7. The molecule has 12 heavy (non-hydrogen) atoms. The molecule has 3 heteroatoms. The highest BCUT2D eigenvalue weighted by Crippen LogP contribution is 2.12. The molecule has 66 valence electrons. The van der Waals surface area contributed by atoms with E-state index in [0.29, 0.717) is 0 Å². The first-order valence-electron chi connectivity index (χ1n) is 4.24. The van der Waals surface area contributed by atoms with Crippen molar-refractivity contribution in [3.63, 3.8) is 0 Å². The molecule has 0 fully saturated rings. The summed E-state index contributed by atoms with van der Waals surface area (Å²) >= 11 is 0. The van der Waals surface area contributed by atoms with E-state index in [4.69, 9.17) is 0 Å². The molecule has 0 aliphatic heterocycles. The number of carbonyl (C=O) groups excluding carboxylic acids is 1. The summed E-state index contributed by atoms with van der Waals surface area (Å²) in [6.07, 6.45) is 2.59. The second kappa shape index (κ2) is 3.52. The van der Waals surface area contributed by atoms with Gasteiger partial charge in [0.1, 0.15) is 0 Å². The minimum atomic E-state index is 0.780. The zero-order valence-electron chi connectivity index (χ0n) is 7.79. The van der Waals surface area contributed by atoms with Gasteiger partial charge in [0.2, 0.25) is 0 Å². The van der Waals surface area contributed by atoms with E-state index in [1.54, 1.807) is 4.68 Å². The molecule has 0 saturated carbocycles. The summed E-state index contributed by atoms with van der Waals surface area (Å²) < 4.78 is 1.79. The smallest absolute Gasteiger partial charge is 0.153 e. The van der Waals surface area contributed by atoms with Crippen LogP contribution >= 0.6 is 0 Å². The second-order valence-electron chi connectivity index (χ2n) is 2.76. The van der Waals surface area contributed by atoms with Gasteiger partial charge in [-0.15, -0.1) is 0 Å². The lowest BCUT2D eigenvalue weighted by atomic mass is 10.1. The van der Waals surface area contributed by atoms with E-state index >= 15 is 0 Å². The molecule has 0 spiro atoms. The lowest BCUT2D eigenvalue weighted by Crippen LogP contribution is -1.97. The topological polar surface area (TPSA) is 34.9 Å². The van der Waals surface area contributed by atoms with E-state index in [-0.39, 0.29) is 0 Å². The summed E-state index contributed by atoms with van der Waals surface area (Å²) in [5.74, 6) is 0. The Morgan fingerprint density at radius 3 is 2.50 bits per heavy atom. The van der Waals surface area contributed by atoms with E-state index in [9.17, 15) is 4.79 Å². The summed E-state index contributed by atoms with van der Waals surface area (Å²) in [5, 5.41) is 4.26. The van der Waals surface area contributed by atoms with Crippen LogP contribution in [0.5, 0.6) is 0 Å². The third-order valence-corrected chi connectivity index (χ3v) is 2.07. The molecule has 0 saturated heterocycles.